The summed E-state index contributed by atoms with van der Waals surface area (Å²) >= 11 is 5.14. The van der Waals surface area contributed by atoms with Crippen LogP contribution in [0.25, 0.3) is 0 Å². The molecule has 0 aromatic carbocycles. The lowest BCUT2D eigenvalue weighted by Crippen LogP contribution is -1.90. The topological polar surface area (TPSA) is 71.0 Å². The Labute approximate surface area is 61.3 Å². The van der Waals surface area contributed by atoms with Crippen LogP contribution in [0, 0.1) is 10.1 Å². The molecule has 1 rings (SSSR count). The van der Waals surface area contributed by atoms with Gasteiger partial charge in [0.15, 0.2) is 0 Å². The molecule has 0 unspecified atom stereocenters. The van der Waals surface area contributed by atoms with Crippen LogP contribution in [0.5, 0.6) is 0 Å². The maximum absolute atomic E-state index is 10.1. The Morgan fingerprint density at radius 1 is 1.80 bits per heavy atom. The summed E-state index contributed by atoms with van der Waals surface area (Å²) in [5.41, 5.74) is 0.270. The number of nitrogens with one attached hydrogen (secondary N) is 2. The number of H-pyrrole nitrogens is 1. The normalized spacial score (nSPS) is 9.30. The van der Waals surface area contributed by atoms with E-state index in [4.69, 9.17) is 11.8 Å². The van der Waals surface area contributed by atoms with Crippen molar-refractivity contribution in [3.05, 3.63) is 22.4 Å². The minimum atomic E-state index is -0.551. The first-order valence-electron chi connectivity index (χ1n) is 2.44. The molecule has 0 atom stereocenters. The number of aromatic nitrogens is 1. The molecular weight excluding hydrogens is 158 g/mol. The first kappa shape index (κ1) is 6.88. The zero-order valence-corrected chi connectivity index (χ0v) is 5.55. The summed E-state index contributed by atoms with van der Waals surface area (Å²) in [5.74, 6) is -0.130. The van der Waals surface area contributed by atoms with Crippen molar-refractivity contribution in [3.8, 4) is 0 Å². The van der Waals surface area contributed by atoms with E-state index < -0.39 is 4.92 Å². The predicted octanol–water partition coefficient (Wildman–Crippen LogP) is 1.49. The molecule has 1 aromatic rings. The lowest BCUT2D eigenvalue weighted by molar-refractivity contribution is -0.388. The van der Waals surface area contributed by atoms with Gasteiger partial charge in [0.2, 0.25) is 0 Å². The first-order chi connectivity index (χ1) is 4.75. The van der Waals surface area contributed by atoms with Crippen LogP contribution in [0.2, 0.25) is 0 Å². The monoisotopic (exact) mass is 161 g/mol. The van der Waals surface area contributed by atoms with Crippen molar-refractivity contribution >= 4 is 23.3 Å². The van der Waals surface area contributed by atoms with E-state index in [9.17, 15) is 10.1 Å². The Morgan fingerprint density at radius 3 is 2.90 bits per heavy atom. The van der Waals surface area contributed by atoms with Crippen molar-refractivity contribution in [2.45, 2.75) is 0 Å². The highest BCUT2D eigenvalue weighted by Gasteiger charge is 2.10. The molecule has 0 saturated heterocycles. The molecule has 54 valence electrons. The molecule has 1 aromatic heterocycles. The van der Waals surface area contributed by atoms with Crippen molar-refractivity contribution < 1.29 is 4.92 Å². The number of rotatable bonds is 2. The van der Waals surface area contributed by atoms with Crippen molar-refractivity contribution in [1.82, 2.24) is 4.98 Å². The molecule has 2 N–H and O–H groups in total. The average Bonchev–Trinajstić information content (AvgIpc) is 2.33. The van der Waals surface area contributed by atoms with Crippen LogP contribution in [-0.2, 0) is 0 Å². The second-order valence-electron chi connectivity index (χ2n) is 1.59. The lowest BCUT2D eigenvalue weighted by atomic mass is 10.5. The molecule has 0 radical (unpaired) electrons. The van der Waals surface area contributed by atoms with E-state index in [2.05, 4.69) is 9.82 Å². The number of hydrogen-bond acceptors (Lipinski definition) is 3. The van der Waals surface area contributed by atoms with Gasteiger partial charge in [-0.3, -0.25) is 4.84 Å². The summed E-state index contributed by atoms with van der Waals surface area (Å²) in [5, 5.41) is 10.1. The Balaban J connectivity index is 3.01. The van der Waals surface area contributed by atoms with Gasteiger partial charge >= 0.3 is 5.82 Å². The number of hydrogen-bond donors (Lipinski definition) is 2. The lowest BCUT2D eigenvalue weighted by Gasteiger charge is -1.92. The Kier molecular flexibility index (Phi) is 1.77. The summed E-state index contributed by atoms with van der Waals surface area (Å²) in [4.78, 5) is 14.1. The summed E-state index contributed by atoms with van der Waals surface area (Å²) in [6.45, 7) is 0. The van der Waals surface area contributed by atoms with E-state index in [1.165, 1.54) is 12.3 Å². The highest BCUT2D eigenvalue weighted by Crippen LogP contribution is 2.21. The third-order valence-corrected chi connectivity index (χ3v) is 1.21. The second-order valence-corrected chi connectivity index (χ2v) is 1.78. The molecule has 0 fully saturated rings. The van der Waals surface area contributed by atoms with Gasteiger partial charge in [0.25, 0.3) is 0 Å². The van der Waals surface area contributed by atoms with Crippen molar-refractivity contribution in [3.63, 3.8) is 0 Å². The molecular formula is C4H4ClN3O2. The Hall–Kier alpha value is -1.23. The minimum Gasteiger partial charge on any atom is -0.358 e. The van der Waals surface area contributed by atoms with Crippen molar-refractivity contribution in [2.24, 2.45) is 0 Å². The van der Waals surface area contributed by atoms with Gasteiger partial charge in [0.05, 0.1) is 6.20 Å². The van der Waals surface area contributed by atoms with E-state index in [0.29, 0.717) is 0 Å². The Morgan fingerprint density at radius 2 is 2.50 bits per heavy atom. The fourth-order valence-electron chi connectivity index (χ4n) is 0.588. The quantitative estimate of drug-likeness (QED) is 0.392. The molecule has 0 aliphatic rings. The summed E-state index contributed by atoms with van der Waals surface area (Å²) < 4.78 is 0. The maximum atomic E-state index is 10.1. The number of nitrogens with zero attached hydrogens (tertiary/aromatic N) is 1. The van der Waals surface area contributed by atoms with Crippen LogP contribution in [0.3, 0.4) is 0 Å². The minimum absolute atomic E-state index is 0.130. The molecule has 5 nitrogen and oxygen atoms in total. The molecule has 0 aliphatic carbocycles. The van der Waals surface area contributed by atoms with Crippen LogP contribution in [0.15, 0.2) is 12.3 Å². The molecule has 0 bridgehead atoms. The van der Waals surface area contributed by atoms with Gasteiger partial charge in [0.1, 0.15) is 5.69 Å². The maximum Gasteiger partial charge on any atom is 0.345 e. The highest BCUT2D eigenvalue weighted by molar-refractivity contribution is 6.24. The van der Waals surface area contributed by atoms with E-state index in [1.54, 1.807) is 0 Å². The Bertz CT molecular complexity index is 246. The average molecular weight is 162 g/mol. The fraction of sp³-hybridized carbons (Fsp3) is 0. The van der Waals surface area contributed by atoms with Gasteiger partial charge < -0.3 is 10.1 Å². The van der Waals surface area contributed by atoms with Crippen LogP contribution in [0.4, 0.5) is 11.5 Å². The molecule has 0 amide bonds. The molecule has 0 spiro atoms. The van der Waals surface area contributed by atoms with E-state index >= 15 is 0 Å². The fourth-order valence-corrected chi connectivity index (χ4v) is 0.740. The van der Waals surface area contributed by atoms with E-state index in [1.807, 2.05) is 0 Å². The first-order valence-corrected chi connectivity index (χ1v) is 2.82. The van der Waals surface area contributed by atoms with Gasteiger partial charge in [-0.25, -0.2) is 4.98 Å². The molecule has 6 heteroatoms. The SMILES string of the molecule is O=[N+]([O-])c1[nH]ccc1NCl. The van der Waals surface area contributed by atoms with Crippen LogP contribution < -0.4 is 4.84 Å². The zero-order valence-electron chi connectivity index (χ0n) is 4.80. The number of nitro groups is 1. The van der Waals surface area contributed by atoms with Crippen molar-refractivity contribution in [1.29, 1.82) is 0 Å². The summed E-state index contributed by atoms with van der Waals surface area (Å²) in [7, 11) is 0. The molecule has 0 aliphatic heterocycles. The largest absolute Gasteiger partial charge is 0.358 e. The summed E-state index contributed by atoms with van der Waals surface area (Å²) in [6, 6.07) is 1.48. The molecule has 0 saturated carbocycles. The summed E-state index contributed by atoms with van der Waals surface area (Å²) in [6.07, 6.45) is 1.43. The smallest absolute Gasteiger partial charge is 0.345 e. The van der Waals surface area contributed by atoms with Gasteiger partial charge in [-0.15, -0.1) is 0 Å². The number of anilines is 1. The highest BCUT2D eigenvalue weighted by atomic mass is 35.5. The molecule has 10 heavy (non-hydrogen) atoms. The second kappa shape index (κ2) is 2.57. The van der Waals surface area contributed by atoms with E-state index in [0.717, 1.165) is 0 Å². The standard InChI is InChI=1S/C4H4ClN3O2/c5-7-3-1-2-6-4(3)8(9)10/h1-2,6-7H. The van der Waals surface area contributed by atoms with Gasteiger partial charge in [0, 0.05) is 17.8 Å². The van der Waals surface area contributed by atoms with Crippen LogP contribution in [-0.4, -0.2) is 9.91 Å². The van der Waals surface area contributed by atoms with Crippen LogP contribution in [0.1, 0.15) is 0 Å². The third kappa shape index (κ3) is 1.03. The van der Waals surface area contributed by atoms with Gasteiger partial charge in [-0.2, -0.15) is 0 Å². The zero-order chi connectivity index (χ0) is 7.56. The number of aromatic amines is 1. The number of halogens is 1. The van der Waals surface area contributed by atoms with Gasteiger partial charge in [-0.1, -0.05) is 0 Å². The third-order valence-electron chi connectivity index (χ3n) is 1.01. The van der Waals surface area contributed by atoms with Crippen LogP contribution >= 0.6 is 11.8 Å². The molecule has 1 heterocycles. The van der Waals surface area contributed by atoms with Crippen molar-refractivity contribution in [2.75, 3.05) is 4.84 Å². The predicted molar refractivity (Wildman–Crippen MR) is 36.9 cm³/mol. The van der Waals surface area contributed by atoms with Gasteiger partial charge in [-0.05, 0) is 4.92 Å². The van der Waals surface area contributed by atoms with E-state index in [-0.39, 0.29) is 11.5 Å².